The van der Waals surface area contributed by atoms with Gasteiger partial charge in [-0.2, -0.15) is 0 Å². The van der Waals surface area contributed by atoms with Crippen molar-refractivity contribution in [3.8, 4) is 11.5 Å². The summed E-state index contributed by atoms with van der Waals surface area (Å²) in [6, 6.07) is 11.9. The molecule has 0 unspecified atom stereocenters. The average Bonchev–Trinajstić information content (AvgIpc) is 2.61. The van der Waals surface area contributed by atoms with Crippen LogP contribution >= 0.6 is 11.6 Å². The van der Waals surface area contributed by atoms with Gasteiger partial charge in [-0.1, -0.05) is 41.4 Å². The fourth-order valence-corrected chi connectivity index (χ4v) is 2.85. The molecule has 0 aromatic heterocycles. The van der Waals surface area contributed by atoms with Crippen molar-refractivity contribution in [3.05, 3.63) is 58.1 Å². The molecule has 0 aliphatic heterocycles. The second-order valence-corrected chi connectivity index (χ2v) is 8.18. The van der Waals surface area contributed by atoms with E-state index < -0.39 is 0 Å². The Bertz CT molecular complexity index is 799. The maximum Gasteiger partial charge on any atom is 0.258 e. The minimum absolute atomic E-state index is 0.102. The Morgan fingerprint density at radius 2 is 1.75 bits per heavy atom. The number of hydrogen-bond acceptors (Lipinski definition) is 4. The molecule has 0 saturated heterocycles. The molecule has 0 aliphatic carbocycles. The number of hydrogen-bond donors (Lipinski definition) is 2. The highest BCUT2D eigenvalue weighted by Crippen LogP contribution is 2.33. The third kappa shape index (κ3) is 7.06. The van der Waals surface area contributed by atoms with Crippen molar-refractivity contribution >= 4 is 17.5 Å². The molecule has 0 bridgehead atoms. The fraction of sp³-hybridized carbons (Fsp3) is 0.409. The smallest absolute Gasteiger partial charge is 0.258 e. The molecule has 5 nitrogen and oxygen atoms in total. The van der Waals surface area contributed by atoms with E-state index >= 15 is 0 Å². The molecule has 28 heavy (non-hydrogen) atoms. The molecule has 2 aromatic carbocycles. The molecule has 2 rings (SSSR count). The van der Waals surface area contributed by atoms with E-state index in [1.807, 2.05) is 26.8 Å². The van der Waals surface area contributed by atoms with Gasteiger partial charge < -0.3 is 20.1 Å². The summed E-state index contributed by atoms with van der Waals surface area (Å²) in [6.07, 6.45) is 0. The highest BCUT2D eigenvalue weighted by atomic mass is 35.5. The van der Waals surface area contributed by atoms with E-state index in [9.17, 15) is 4.79 Å². The lowest BCUT2D eigenvalue weighted by molar-refractivity contribution is -0.124. The molecule has 1 amide bonds. The Balaban J connectivity index is 1.97. The molecule has 0 fully saturated rings. The van der Waals surface area contributed by atoms with E-state index in [4.69, 9.17) is 21.1 Å². The van der Waals surface area contributed by atoms with Crippen LogP contribution in [0.15, 0.2) is 36.4 Å². The Morgan fingerprint density at radius 1 is 1.07 bits per heavy atom. The molecular weight excluding hydrogens is 376 g/mol. The minimum atomic E-state index is -0.310. The summed E-state index contributed by atoms with van der Waals surface area (Å²) in [5, 5.41) is 6.79. The first-order valence-electron chi connectivity index (χ1n) is 9.24. The molecule has 2 aromatic rings. The first-order valence-corrected chi connectivity index (χ1v) is 9.62. The van der Waals surface area contributed by atoms with Crippen LogP contribution in [0, 0.1) is 6.92 Å². The zero-order chi connectivity index (χ0) is 20.7. The molecule has 6 heteroatoms. The van der Waals surface area contributed by atoms with Gasteiger partial charge in [-0.05, 0) is 44.9 Å². The lowest BCUT2D eigenvalue weighted by atomic mass is 10.1. The van der Waals surface area contributed by atoms with Crippen molar-refractivity contribution in [2.45, 2.75) is 46.3 Å². The van der Waals surface area contributed by atoms with E-state index in [1.54, 1.807) is 13.2 Å². The fourth-order valence-electron chi connectivity index (χ4n) is 2.63. The van der Waals surface area contributed by atoms with E-state index in [-0.39, 0.29) is 18.1 Å². The van der Waals surface area contributed by atoms with Gasteiger partial charge >= 0.3 is 0 Å². The molecule has 0 atom stereocenters. The molecule has 2 N–H and O–H groups in total. The van der Waals surface area contributed by atoms with Crippen molar-refractivity contribution in [1.29, 1.82) is 0 Å². The van der Waals surface area contributed by atoms with E-state index in [2.05, 4.69) is 41.8 Å². The Morgan fingerprint density at radius 3 is 2.36 bits per heavy atom. The van der Waals surface area contributed by atoms with Crippen LogP contribution in [0.1, 0.15) is 37.5 Å². The van der Waals surface area contributed by atoms with E-state index in [0.717, 1.165) is 12.1 Å². The predicted octanol–water partition coefficient (Wildman–Crippen LogP) is 4.24. The topological polar surface area (TPSA) is 59.6 Å². The number of carbonyl (C=O) groups excluding carboxylic acids is 1. The number of ether oxygens (including phenoxy) is 2. The molecule has 0 spiro atoms. The monoisotopic (exact) mass is 404 g/mol. The highest BCUT2D eigenvalue weighted by Gasteiger charge is 2.16. The summed E-state index contributed by atoms with van der Waals surface area (Å²) in [5.41, 5.74) is 3.04. The van der Waals surface area contributed by atoms with Crippen LogP contribution in [0.2, 0.25) is 5.02 Å². The van der Waals surface area contributed by atoms with Gasteiger partial charge in [0.1, 0.15) is 0 Å². The van der Waals surface area contributed by atoms with Gasteiger partial charge in [0.05, 0.1) is 7.11 Å². The minimum Gasteiger partial charge on any atom is -0.493 e. The molecule has 152 valence electrons. The number of nitrogens with one attached hydrogen (secondary N) is 2. The first kappa shape index (κ1) is 22.1. The third-order valence-corrected chi connectivity index (χ3v) is 4.32. The van der Waals surface area contributed by atoms with Crippen LogP contribution in [0.5, 0.6) is 11.5 Å². The second kappa shape index (κ2) is 9.80. The summed E-state index contributed by atoms with van der Waals surface area (Å²) in [7, 11) is 1.56. The summed E-state index contributed by atoms with van der Waals surface area (Å²) >= 11 is 6.41. The van der Waals surface area contributed by atoms with Gasteiger partial charge in [0.25, 0.3) is 5.91 Å². The van der Waals surface area contributed by atoms with Gasteiger partial charge in [-0.15, -0.1) is 0 Å². The van der Waals surface area contributed by atoms with Crippen molar-refractivity contribution < 1.29 is 14.3 Å². The van der Waals surface area contributed by atoms with Crippen LogP contribution in [0.25, 0.3) is 0 Å². The van der Waals surface area contributed by atoms with Crippen LogP contribution in [-0.4, -0.2) is 25.2 Å². The molecule has 0 radical (unpaired) electrons. The summed E-state index contributed by atoms with van der Waals surface area (Å²) in [4.78, 5) is 12.0. The lowest BCUT2D eigenvalue weighted by Crippen LogP contribution is -2.43. The van der Waals surface area contributed by atoms with Crippen molar-refractivity contribution in [2.75, 3.05) is 13.7 Å². The van der Waals surface area contributed by atoms with Crippen LogP contribution in [0.4, 0.5) is 0 Å². The largest absolute Gasteiger partial charge is 0.493 e. The van der Waals surface area contributed by atoms with Crippen molar-refractivity contribution in [2.24, 2.45) is 0 Å². The average molecular weight is 405 g/mol. The van der Waals surface area contributed by atoms with Crippen LogP contribution in [0.3, 0.4) is 0 Å². The summed E-state index contributed by atoms with van der Waals surface area (Å²) in [6.45, 7) is 9.05. The zero-order valence-corrected chi connectivity index (χ0v) is 17.9. The quantitative estimate of drug-likeness (QED) is 0.690. The number of halogens is 1. The number of benzene rings is 2. The maximum atomic E-state index is 12.0. The Labute approximate surface area is 172 Å². The SMILES string of the molecule is COc1cc(CNCc2ccc(C)cc2)c(Cl)cc1OCC(=O)NC(C)(C)C. The van der Waals surface area contributed by atoms with Gasteiger partial charge in [0.2, 0.25) is 0 Å². The van der Waals surface area contributed by atoms with Gasteiger partial charge in [-0.3, -0.25) is 4.79 Å². The molecule has 0 heterocycles. The molecule has 0 aliphatic rings. The van der Waals surface area contributed by atoms with Gasteiger partial charge in [0.15, 0.2) is 18.1 Å². The number of aryl methyl sites for hydroxylation is 1. The zero-order valence-electron chi connectivity index (χ0n) is 17.2. The normalized spacial score (nSPS) is 11.2. The number of amides is 1. The Kier molecular flexibility index (Phi) is 7.72. The number of rotatable bonds is 8. The second-order valence-electron chi connectivity index (χ2n) is 7.77. The standard InChI is InChI=1S/C22H29ClN2O3/c1-15-6-8-16(9-7-15)12-24-13-17-10-19(27-5)20(11-18(17)23)28-14-21(26)25-22(2,3)4/h6-11,24H,12-14H2,1-5H3,(H,25,26). The molecular formula is C22H29ClN2O3. The Hall–Kier alpha value is -2.24. The number of methoxy groups -OCH3 is 1. The van der Waals surface area contributed by atoms with Crippen LogP contribution < -0.4 is 20.1 Å². The van der Waals surface area contributed by atoms with Gasteiger partial charge in [-0.25, -0.2) is 0 Å². The van der Waals surface area contributed by atoms with Crippen molar-refractivity contribution in [3.63, 3.8) is 0 Å². The first-order chi connectivity index (χ1) is 13.2. The maximum absolute atomic E-state index is 12.0. The third-order valence-electron chi connectivity index (χ3n) is 3.97. The predicted molar refractivity (Wildman–Crippen MR) is 113 cm³/mol. The van der Waals surface area contributed by atoms with Gasteiger partial charge in [0, 0.05) is 29.7 Å². The van der Waals surface area contributed by atoms with E-state index in [0.29, 0.717) is 23.1 Å². The van der Waals surface area contributed by atoms with E-state index in [1.165, 1.54) is 11.1 Å². The summed E-state index contributed by atoms with van der Waals surface area (Å²) in [5.74, 6) is 0.786. The van der Waals surface area contributed by atoms with Crippen molar-refractivity contribution in [1.82, 2.24) is 10.6 Å². The summed E-state index contributed by atoms with van der Waals surface area (Å²) < 4.78 is 11.0. The lowest BCUT2D eigenvalue weighted by Gasteiger charge is -2.21. The van der Waals surface area contributed by atoms with Crippen LogP contribution in [-0.2, 0) is 17.9 Å². The highest BCUT2D eigenvalue weighted by molar-refractivity contribution is 6.31. The number of carbonyl (C=O) groups is 1. The molecule has 0 saturated carbocycles.